The van der Waals surface area contributed by atoms with Crippen LogP contribution in [-0.2, 0) is 14.6 Å². The molecule has 2 N–H and O–H groups in total. The summed E-state index contributed by atoms with van der Waals surface area (Å²) in [5, 5.41) is 5.76. The van der Waals surface area contributed by atoms with Crippen molar-refractivity contribution in [2.24, 2.45) is 0 Å². The third-order valence-corrected chi connectivity index (χ3v) is 8.70. The molecule has 1 aromatic heterocycles. The van der Waals surface area contributed by atoms with Crippen LogP contribution in [0.4, 0.5) is 33.6 Å². The molecule has 0 aliphatic carbocycles. The summed E-state index contributed by atoms with van der Waals surface area (Å²) in [5.41, 5.74) is 1.62. The monoisotopic (exact) mass is 574 g/mol. The predicted molar refractivity (Wildman–Crippen MR) is 152 cm³/mol. The Balaban J connectivity index is 1.56. The number of hydrogen-bond donors (Lipinski definition) is 2. The number of rotatable bonds is 11. The van der Waals surface area contributed by atoms with Crippen LogP contribution < -0.4 is 20.3 Å². The molecule has 1 aliphatic rings. The summed E-state index contributed by atoms with van der Waals surface area (Å²) in [4.78, 5) is 25.1. The molecule has 13 heteroatoms. The van der Waals surface area contributed by atoms with Gasteiger partial charge in [0.25, 0.3) is 0 Å². The Labute approximate surface area is 233 Å². The number of anilines is 5. The summed E-state index contributed by atoms with van der Waals surface area (Å²) in [7, 11) is -0.414. The Kier molecular flexibility index (Phi) is 8.78. The number of aromatic nitrogens is 2. The maximum atomic E-state index is 12.8. The quantitative estimate of drug-likeness (QED) is 0.335. The van der Waals surface area contributed by atoms with E-state index in [0.29, 0.717) is 49.1 Å². The second kappa shape index (κ2) is 12.1. The first-order valence-electron chi connectivity index (χ1n) is 12.3. The fraction of sp³-hybridized carbons (Fsp3) is 0.346. The van der Waals surface area contributed by atoms with E-state index < -0.39 is 15.1 Å². The standard InChI is InChI=1S/C26H31ClN6O5S/c1-17(2)39(35,36)23-8-6-5-7-21(23)29-24-19(27)16-28-25(31-24)30-20-10-9-18(15-22(20)38-4)33-12-11-32(26(33)34)13-14-37-3/h5-10,15-17H,11-14H2,1-4H3,(H2,28,29,30,31). The predicted octanol–water partition coefficient (Wildman–Crippen LogP) is 4.70. The maximum absolute atomic E-state index is 12.8. The number of carbonyl (C=O) groups is 1. The first kappa shape index (κ1) is 28.4. The molecule has 0 bridgehead atoms. The molecule has 208 valence electrons. The third kappa shape index (κ3) is 6.18. The average Bonchev–Trinajstić information content (AvgIpc) is 3.29. The van der Waals surface area contributed by atoms with Crippen molar-refractivity contribution in [3.05, 3.63) is 53.7 Å². The smallest absolute Gasteiger partial charge is 0.324 e. The summed E-state index contributed by atoms with van der Waals surface area (Å²) >= 11 is 6.35. The lowest BCUT2D eigenvalue weighted by molar-refractivity contribution is 0.162. The number of methoxy groups -OCH3 is 2. The van der Waals surface area contributed by atoms with Crippen LogP contribution in [0.25, 0.3) is 0 Å². The lowest BCUT2D eigenvalue weighted by Crippen LogP contribution is -2.33. The van der Waals surface area contributed by atoms with Crippen molar-refractivity contribution in [3.63, 3.8) is 0 Å². The van der Waals surface area contributed by atoms with E-state index in [1.54, 1.807) is 67.2 Å². The van der Waals surface area contributed by atoms with E-state index in [-0.39, 0.29) is 27.7 Å². The molecule has 2 heterocycles. The van der Waals surface area contributed by atoms with E-state index in [9.17, 15) is 13.2 Å². The van der Waals surface area contributed by atoms with Gasteiger partial charge in [0.15, 0.2) is 15.7 Å². The summed E-state index contributed by atoms with van der Waals surface area (Å²) < 4.78 is 36.4. The maximum Gasteiger partial charge on any atom is 0.324 e. The van der Waals surface area contributed by atoms with E-state index in [2.05, 4.69) is 20.6 Å². The van der Waals surface area contributed by atoms with E-state index in [1.165, 1.54) is 13.3 Å². The number of amides is 2. The average molecular weight is 575 g/mol. The van der Waals surface area contributed by atoms with E-state index >= 15 is 0 Å². The molecule has 0 unspecified atom stereocenters. The Morgan fingerprint density at radius 2 is 1.85 bits per heavy atom. The highest BCUT2D eigenvalue weighted by Crippen LogP contribution is 2.34. The number of nitrogens with one attached hydrogen (secondary N) is 2. The number of para-hydroxylation sites is 1. The Hall–Kier alpha value is -3.61. The number of carbonyl (C=O) groups excluding carboxylic acids is 1. The van der Waals surface area contributed by atoms with Crippen LogP contribution >= 0.6 is 11.6 Å². The Morgan fingerprint density at radius 1 is 1.08 bits per heavy atom. The number of sulfone groups is 1. The highest BCUT2D eigenvalue weighted by atomic mass is 35.5. The van der Waals surface area contributed by atoms with Crippen molar-refractivity contribution in [2.45, 2.75) is 24.0 Å². The zero-order valence-corrected chi connectivity index (χ0v) is 23.7. The highest BCUT2D eigenvalue weighted by molar-refractivity contribution is 7.92. The minimum atomic E-state index is -3.55. The highest BCUT2D eigenvalue weighted by Gasteiger charge is 2.29. The van der Waals surface area contributed by atoms with Crippen LogP contribution in [0.5, 0.6) is 5.75 Å². The third-order valence-electron chi connectivity index (χ3n) is 6.21. The van der Waals surface area contributed by atoms with Gasteiger partial charge in [-0.2, -0.15) is 4.98 Å². The summed E-state index contributed by atoms with van der Waals surface area (Å²) in [6.45, 7) is 5.43. The van der Waals surface area contributed by atoms with Crippen molar-refractivity contribution >= 4 is 56.3 Å². The van der Waals surface area contributed by atoms with Gasteiger partial charge in [-0.15, -0.1) is 0 Å². The van der Waals surface area contributed by atoms with Crippen LogP contribution in [-0.4, -0.2) is 75.0 Å². The number of ether oxygens (including phenoxy) is 2. The molecule has 0 radical (unpaired) electrons. The summed E-state index contributed by atoms with van der Waals surface area (Å²) in [6, 6.07) is 11.8. The van der Waals surface area contributed by atoms with Gasteiger partial charge in [0.05, 0.1) is 41.4 Å². The second-order valence-electron chi connectivity index (χ2n) is 9.03. The van der Waals surface area contributed by atoms with Crippen LogP contribution in [0.2, 0.25) is 5.02 Å². The SMILES string of the molecule is COCCN1CCN(c2ccc(Nc3ncc(Cl)c(Nc4ccccc4S(=O)(=O)C(C)C)n3)c(OC)c2)C1=O. The molecule has 11 nitrogen and oxygen atoms in total. The first-order valence-corrected chi connectivity index (χ1v) is 14.2. The minimum Gasteiger partial charge on any atom is -0.494 e. The fourth-order valence-electron chi connectivity index (χ4n) is 4.02. The number of urea groups is 1. The van der Waals surface area contributed by atoms with Gasteiger partial charge < -0.3 is 25.0 Å². The van der Waals surface area contributed by atoms with Crippen molar-refractivity contribution in [1.29, 1.82) is 0 Å². The van der Waals surface area contributed by atoms with Crippen LogP contribution in [0.1, 0.15) is 13.8 Å². The molecule has 1 fully saturated rings. The molecule has 3 aromatic rings. The number of hydrogen-bond acceptors (Lipinski definition) is 9. The molecular weight excluding hydrogens is 544 g/mol. The van der Waals surface area contributed by atoms with Gasteiger partial charge in [0.1, 0.15) is 10.8 Å². The first-order chi connectivity index (χ1) is 18.6. The lowest BCUT2D eigenvalue weighted by Gasteiger charge is -2.20. The second-order valence-corrected chi connectivity index (χ2v) is 11.9. The molecular formula is C26H31ClN6O5S. The van der Waals surface area contributed by atoms with Gasteiger partial charge in [-0.1, -0.05) is 23.7 Å². The summed E-state index contributed by atoms with van der Waals surface area (Å²) in [6.07, 6.45) is 1.41. The molecule has 1 saturated heterocycles. The zero-order valence-electron chi connectivity index (χ0n) is 22.1. The Bertz CT molecular complexity index is 1450. The lowest BCUT2D eigenvalue weighted by atomic mass is 10.2. The van der Waals surface area contributed by atoms with E-state index in [1.807, 2.05) is 6.07 Å². The number of nitrogens with zero attached hydrogens (tertiary/aromatic N) is 4. The van der Waals surface area contributed by atoms with E-state index in [0.717, 1.165) is 0 Å². The Morgan fingerprint density at radius 3 is 2.56 bits per heavy atom. The molecule has 0 atom stereocenters. The minimum absolute atomic E-state index is 0.0914. The molecule has 0 saturated carbocycles. The fourth-order valence-corrected chi connectivity index (χ4v) is 5.36. The molecule has 1 aliphatic heterocycles. The van der Waals surface area contributed by atoms with Gasteiger partial charge in [-0.25, -0.2) is 18.2 Å². The van der Waals surface area contributed by atoms with Gasteiger partial charge >= 0.3 is 6.03 Å². The number of halogens is 1. The van der Waals surface area contributed by atoms with Gasteiger partial charge in [-0.3, -0.25) is 4.90 Å². The van der Waals surface area contributed by atoms with Gasteiger partial charge in [-0.05, 0) is 38.1 Å². The summed E-state index contributed by atoms with van der Waals surface area (Å²) in [5.74, 6) is 0.923. The van der Waals surface area contributed by atoms with Crippen LogP contribution in [0.3, 0.4) is 0 Å². The molecule has 4 rings (SSSR count). The van der Waals surface area contributed by atoms with Gasteiger partial charge in [0, 0.05) is 38.5 Å². The molecule has 2 aromatic carbocycles. The topological polar surface area (TPSA) is 126 Å². The molecule has 2 amide bonds. The molecule has 39 heavy (non-hydrogen) atoms. The van der Waals surface area contributed by atoms with Crippen molar-refractivity contribution < 1.29 is 22.7 Å². The number of benzene rings is 2. The van der Waals surface area contributed by atoms with Crippen molar-refractivity contribution in [3.8, 4) is 5.75 Å². The molecule has 0 spiro atoms. The van der Waals surface area contributed by atoms with Crippen LogP contribution in [0, 0.1) is 0 Å². The van der Waals surface area contributed by atoms with Crippen molar-refractivity contribution in [2.75, 3.05) is 56.0 Å². The van der Waals surface area contributed by atoms with Crippen molar-refractivity contribution in [1.82, 2.24) is 14.9 Å². The largest absolute Gasteiger partial charge is 0.494 e. The van der Waals surface area contributed by atoms with Gasteiger partial charge in [0.2, 0.25) is 5.95 Å². The zero-order chi connectivity index (χ0) is 28.2. The van der Waals surface area contributed by atoms with E-state index in [4.69, 9.17) is 21.1 Å². The normalized spacial score (nSPS) is 13.7. The van der Waals surface area contributed by atoms with Crippen LogP contribution in [0.15, 0.2) is 53.6 Å².